The fourth-order valence-electron chi connectivity index (χ4n) is 6.42. The molecule has 2 saturated heterocycles. The van der Waals surface area contributed by atoms with Gasteiger partial charge in [0.25, 0.3) is 5.56 Å². The molecular formula is C35H40N8O3. The zero-order chi connectivity index (χ0) is 31.5. The van der Waals surface area contributed by atoms with Crippen molar-refractivity contribution in [2.45, 2.75) is 32.4 Å². The van der Waals surface area contributed by atoms with Crippen LogP contribution in [0.2, 0.25) is 0 Å². The van der Waals surface area contributed by atoms with Gasteiger partial charge in [-0.05, 0) is 75.3 Å². The highest BCUT2D eigenvalue weighted by Gasteiger charge is 2.20. The fourth-order valence-corrected chi connectivity index (χ4v) is 6.42. The molecule has 0 saturated carbocycles. The molecule has 11 nitrogen and oxygen atoms in total. The molecule has 7 rings (SSSR count). The maximum absolute atomic E-state index is 14.2. The number of rotatable bonds is 9. The summed E-state index contributed by atoms with van der Waals surface area (Å²) >= 11 is 0. The Hall–Kier alpha value is -4.58. The van der Waals surface area contributed by atoms with E-state index in [9.17, 15) is 4.79 Å². The molecule has 46 heavy (non-hydrogen) atoms. The summed E-state index contributed by atoms with van der Waals surface area (Å²) in [4.78, 5) is 33.2. The minimum Gasteiger partial charge on any atom is -0.472 e. The SMILES string of the molecule is Cc1nc(-c2ccoc2)ccc1-c1cc2cnc(Nc3ccc(N(C)C4CCNCC4)cc3)nc2n(CCN2CCOCC2)c1=O. The summed E-state index contributed by atoms with van der Waals surface area (Å²) in [5, 5.41) is 7.59. The topological polar surface area (TPSA) is 114 Å². The minimum atomic E-state index is -0.100. The molecule has 0 atom stereocenters. The van der Waals surface area contributed by atoms with E-state index >= 15 is 0 Å². The standard InChI is InChI=1S/C35H40N8O3/c1-24-30(7-8-32(38-24)25-11-18-46-23-25)31-21-26-22-37-35(40-33(26)43(34(31)44)15-14-42-16-19-45-20-17-42)39-27-3-5-28(6-4-27)41(2)29-9-12-36-13-10-29/h3-8,11,18,21-23,29,36H,9-10,12-17,19-20H2,1-2H3,(H,37,39,40). The van der Waals surface area contributed by atoms with Crippen molar-refractivity contribution in [3.63, 3.8) is 0 Å². The maximum atomic E-state index is 14.2. The van der Waals surface area contributed by atoms with Gasteiger partial charge in [-0.25, -0.2) is 4.98 Å². The van der Waals surface area contributed by atoms with Gasteiger partial charge in [0.1, 0.15) is 5.65 Å². The third-order valence-electron chi connectivity index (χ3n) is 9.15. The predicted octanol–water partition coefficient (Wildman–Crippen LogP) is 4.69. The van der Waals surface area contributed by atoms with E-state index in [4.69, 9.17) is 19.1 Å². The monoisotopic (exact) mass is 620 g/mol. The molecule has 2 aliphatic rings. The van der Waals surface area contributed by atoms with Crippen molar-refractivity contribution < 1.29 is 9.15 Å². The van der Waals surface area contributed by atoms with Crippen molar-refractivity contribution in [1.29, 1.82) is 0 Å². The van der Waals surface area contributed by atoms with Gasteiger partial charge in [0, 0.05) is 84.6 Å². The zero-order valence-corrected chi connectivity index (χ0v) is 26.4. The number of nitrogens with one attached hydrogen (secondary N) is 2. The van der Waals surface area contributed by atoms with Gasteiger partial charge in [0.05, 0.1) is 31.4 Å². The van der Waals surface area contributed by atoms with Crippen LogP contribution in [0.15, 0.2) is 76.5 Å². The normalized spacial score (nSPS) is 16.1. The summed E-state index contributed by atoms with van der Waals surface area (Å²) in [6.07, 6.45) is 7.37. The molecule has 238 valence electrons. The van der Waals surface area contributed by atoms with Crippen LogP contribution in [0.4, 0.5) is 17.3 Å². The molecule has 4 aromatic heterocycles. The highest BCUT2D eigenvalue weighted by Crippen LogP contribution is 2.28. The number of pyridine rings is 2. The quantitative estimate of drug-likeness (QED) is 0.241. The summed E-state index contributed by atoms with van der Waals surface area (Å²) < 4.78 is 12.6. The van der Waals surface area contributed by atoms with Crippen LogP contribution in [-0.4, -0.2) is 83.4 Å². The summed E-state index contributed by atoms with van der Waals surface area (Å²) in [5.41, 5.74) is 6.40. The summed E-state index contributed by atoms with van der Waals surface area (Å²) in [6, 6.07) is 16.6. The molecule has 2 aliphatic heterocycles. The van der Waals surface area contributed by atoms with Crippen LogP contribution >= 0.6 is 0 Å². The molecule has 5 aromatic rings. The number of aromatic nitrogens is 4. The Morgan fingerprint density at radius 2 is 1.80 bits per heavy atom. The molecule has 0 bridgehead atoms. The Bertz CT molecular complexity index is 1840. The van der Waals surface area contributed by atoms with Gasteiger partial charge in [0.15, 0.2) is 0 Å². The van der Waals surface area contributed by atoms with E-state index in [1.165, 1.54) is 5.69 Å². The van der Waals surface area contributed by atoms with E-state index in [-0.39, 0.29) is 5.56 Å². The number of hydrogen-bond donors (Lipinski definition) is 2. The third kappa shape index (κ3) is 6.39. The largest absolute Gasteiger partial charge is 0.472 e. The Balaban J connectivity index is 1.20. The molecule has 2 N–H and O–H groups in total. The first-order valence-corrected chi connectivity index (χ1v) is 16.1. The number of hydrogen-bond acceptors (Lipinski definition) is 10. The van der Waals surface area contributed by atoms with Gasteiger partial charge in [0.2, 0.25) is 5.95 Å². The predicted molar refractivity (Wildman–Crippen MR) is 181 cm³/mol. The number of benzene rings is 1. The molecule has 2 fully saturated rings. The number of morpholine rings is 1. The van der Waals surface area contributed by atoms with Crippen LogP contribution in [-0.2, 0) is 11.3 Å². The lowest BCUT2D eigenvalue weighted by molar-refractivity contribution is 0.0364. The smallest absolute Gasteiger partial charge is 0.260 e. The molecule has 0 unspecified atom stereocenters. The van der Waals surface area contributed by atoms with Gasteiger partial charge >= 0.3 is 0 Å². The van der Waals surface area contributed by atoms with Crippen molar-refractivity contribution in [1.82, 2.24) is 29.7 Å². The second kappa shape index (κ2) is 13.4. The highest BCUT2D eigenvalue weighted by molar-refractivity contribution is 5.82. The van der Waals surface area contributed by atoms with Crippen LogP contribution in [0, 0.1) is 6.92 Å². The molecule has 0 amide bonds. The van der Waals surface area contributed by atoms with Gasteiger partial charge in [-0.3, -0.25) is 19.2 Å². The zero-order valence-electron chi connectivity index (χ0n) is 26.4. The molecule has 1 aromatic carbocycles. The van der Waals surface area contributed by atoms with Crippen LogP contribution in [0.1, 0.15) is 18.5 Å². The third-order valence-corrected chi connectivity index (χ3v) is 9.15. The maximum Gasteiger partial charge on any atom is 0.260 e. The molecule has 0 spiro atoms. The minimum absolute atomic E-state index is 0.100. The first-order valence-electron chi connectivity index (χ1n) is 16.1. The lowest BCUT2D eigenvalue weighted by atomic mass is 10.0. The average molecular weight is 621 g/mol. The van der Waals surface area contributed by atoms with E-state index < -0.39 is 0 Å². The van der Waals surface area contributed by atoms with E-state index in [2.05, 4.69) is 56.7 Å². The van der Waals surface area contributed by atoms with Crippen LogP contribution < -0.4 is 21.1 Å². The Morgan fingerprint density at radius 3 is 2.54 bits per heavy atom. The molecule has 11 heteroatoms. The first-order chi connectivity index (χ1) is 22.5. The molecule has 6 heterocycles. The fraction of sp³-hybridized carbons (Fsp3) is 0.371. The summed E-state index contributed by atoms with van der Waals surface area (Å²) in [6.45, 7) is 8.35. The summed E-state index contributed by atoms with van der Waals surface area (Å²) in [5.74, 6) is 0.446. The lowest BCUT2D eigenvalue weighted by Crippen LogP contribution is -2.41. The second-order valence-corrected chi connectivity index (χ2v) is 12.0. The van der Waals surface area contributed by atoms with E-state index in [1.807, 2.05) is 31.2 Å². The van der Waals surface area contributed by atoms with Crippen molar-refractivity contribution in [2.75, 3.05) is 63.2 Å². The summed E-state index contributed by atoms with van der Waals surface area (Å²) in [7, 11) is 2.17. The Labute approximate surface area is 268 Å². The Morgan fingerprint density at radius 1 is 1.00 bits per heavy atom. The van der Waals surface area contributed by atoms with E-state index in [1.54, 1.807) is 23.3 Å². The average Bonchev–Trinajstić information content (AvgIpc) is 3.64. The van der Waals surface area contributed by atoms with Crippen LogP contribution in [0.5, 0.6) is 0 Å². The number of nitrogens with zero attached hydrogens (tertiary/aromatic N) is 6. The number of anilines is 3. The van der Waals surface area contributed by atoms with Crippen LogP contribution in [0.3, 0.4) is 0 Å². The van der Waals surface area contributed by atoms with Gasteiger partial charge in [-0.2, -0.15) is 4.98 Å². The van der Waals surface area contributed by atoms with Crippen molar-refractivity contribution in [2.24, 2.45) is 0 Å². The van der Waals surface area contributed by atoms with Crippen molar-refractivity contribution >= 4 is 28.4 Å². The number of fused-ring (bicyclic) bond motifs is 1. The van der Waals surface area contributed by atoms with Gasteiger partial charge in [-0.1, -0.05) is 6.07 Å². The Kier molecular flexibility index (Phi) is 8.78. The highest BCUT2D eigenvalue weighted by atomic mass is 16.5. The van der Waals surface area contributed by atoms with Gasteiger partial charge < -0.3 is 24.7 Å². The number of ether oxygens (including phenoxy) is 1. The van der Waals surface area contributed by atoms with E-state index in [0.717, 1.165) is 79.2 Å². The van der Waals surface area contributed by atoms with E-state index in [0.29, 0.717) is 43.0 Å². The molecule has 0 aliphatic carbocycles. The van der Waals surface area contributed by atoms with Crippen LogP contribution in [0.25, 0.3) is 33.4 Å². The van der Waals surface area contributed by atoms with Gasteiger partial charge in [-0.15, -0.1) is 0 Å². The number of piperidine rings is 1. The van der Waals surface area contributed by atoms with Crippen molar-refractivity contribution in [3.05, 3.63) is 83.3 Å². The lowest BCUT2D eigenvalue weighted by Gasteiger charge is -2.33. The second-order valence-electron chi connectivity index (χ2n) is 12.0. The molecular weight excluding hydrogens is 580 g/mol. The first kappa shape index (κ1) is 30.1. The molecule has 0 radical (unpaired) electrons. The van der Waals surface area contributed by atoms with Crippen molar-refractivity contribution in [3.8, 4) is 22.4 Å². The number of aryl methyl sites for hydroxylation is 1. The number of furan rings is 1.